The van der Waals surface area contributed by atoms with Crippen molar-refractivity contribution in [1.82, 2.24) is 0 Å². The molecule has 1 aromatic rings. The summed E-state index contributed by atoms with van der Waals surface area (Å²) >= 11 is 0. The van der Waals surface area contributed by atoms with Crippen LogP contribution in [-0.2, 0) is 16.1 Å². The molecule has 4 heteroatoms. The maximum atomic E-state index is 10.1. The maximum absolute atomic E-state index is 10.1. The molecule has 1 saturated heterocycles. The summed E-state index contributed by atoms with van der Waals surface area (Å²) in [7, 11) is 0. The highest BCUT2D eigenvalue weighted by atomic mass is 16.7. The van der Waals surface area contributed by atoms with Crippen molar-refractivity contribution in [2.75, 3.05) is 6.61 Å². The van der Waals surface area contributed by atoms with Crippen LogP contribution >= 0.6 is 0 Å². The zero-order valence-corrected chi connectivity index (χ0v) is 9.90. The third-order valence-corrected chi connectivity index (χ3v) is 3.76. The third-order valence-electron chi connectivity index (χ3n) is 3.76. The molecule has 0 radical (unpaired) electrons. The predicted octanol–water partition coefficient (Wildman–Crippen LogP) is 1.31. The summed E-state index contributed by atoms with van der Waals surface area (Å²) in [5.41, 5.74) is 1.04. The fourth-order valence-corrected chi connectivity index (χ4v) is 2.65. The zero-order chi connectivity index (χ0) is 12.5. The van der Waals surface area contributed by atoms with Gasteiger partial charge in [-0.1, -0.05) is 30.3 Å². The first kappa shape index (κ1) is 11.7. The van der Waals surface area contributed by atoms with Gasteiger partial charge in [-0.25, -0.2) is 0 Å². The largest absolute Gasteiger partial charge is 0.387 e. The Kier molecular flexibility index (Phi) is 3.04. The molecule has 1 aliphatic heterocycles. The van der Waals surface area contributed by atoms with Crippen LogP contribution in [0.4, 0.5) is 0 Å². The van der Waals surface area contributed by atoms with E-state index >= 15 is 0 Å². The number of ether oxygens (including phenoxy) is 2. The van der Waals surface area contributed by atoms with Crippen LogP contribution in [0.1, 0.15) is 5.56 Å². The average Bonchev–Trinajstić information content (AvgIpc) is 3.13. The Morgan fingerprint density at radius 2 is 2.17 bits per heavy atom. The Morgan fingerprint density at radius 3 is 2.89 bits per heavy atom. The summed E-state index contributed by atoms with van der Waals surface area (Å²) in [4.78, 5) is 0. The minimum atomic E-state index is -0.683. The lowest BCUT2D eigenvalue weighted by molar-refractivity contribution is -0.223. The molecule has 1 heterocycles. The summed E-state index contributed by atoms with van der Waals surface area (Å²) in [6, 6.07) is 12.0. The van der Waals surface area contributed by atoms with E-state index in [4.69, 9.17) is 14.7 Å². The van der Waals surface area contributed by atoms with Crippen molar-refractivity contribution in [3.63, 3.8) is 0 Å². The van der Waals surface area contributed by atoms with Gasteiger partial charge >= 0.3 is 0 Å². The number of fused-ring (bicyclic) bond motifs is 1. The van der Waals surface area contributed by atoms with E-state index in [-0.39, 0.29) is 17.8 Å². The highest BCUT2D eigenvalue weighted by Crippen LogP contribution is 2.52. The van der Waals surface area contributed by atoms with Gasteiger partial charge in [0.05, 0.1) is 25.2 Å². The van der Waals surface area contributed by atoms with Crippen LogP contribution in [0.15, 0.2) is 30.3 Å². The Labute approximate surface area is 106 Å². The van der Waals surface area contributed by atoms with E-state index in [0.29, 0.717) is 13.2 Å². The molecule has 0 bridgehead atoms. The standard InChI is InChI=1S/C14H15NO3/c15-6-10-11-8-18-14(13(16)12(10)11)17-7-9-4-2-1-3-5-9/h1-5,10-14,16H,7-8H2/t10-,11-,12+,13-,14-/m0/s1. The molecule has 0 amide bonds. The molecule has 1 aromatic carbocycles. The van der Waals surface area contributed by atoms with E-state index in [0.717, 1.165) is 5.56 Å². The number of hydrogen-bond donors (Lipinski definition) is 1. The van der Waals surface area contributed by atoms with Gasteiger partial charge in [-0.15, -0.1) is 0 Å². The van der Waals surface area contributed by atoms with Crippen molar-refractivity contribution < 1.29 is 14.6 Å². The lowest BCUT2D eigenvalue weighted by Gasteiger charge is -2.27. The molecular formula is C14H15NO3. The molecule has 1 saturated carbocycles. The quantitative estimate of drug-likeness (QED) is 0.872. The van der Waals surface area contributed by atoms with Crippen LogP contribution in [-0.4, -0.2) is 24.1 Å². The monoisotopic (exact) mass is 245 g/mol. The molecule has 0 unspecified atom stereocenters. The Bertz CT molecular complexity index is 456. The highest BCUT2D eigenvalue weighted by Gasteiger charge is 2.59. The molecule has 2 aliphatic rings. The first-order valence-electron chi connectivity index (χ1n) is 6.16. The summed E-state index contributed by atoms with van der Waals surface area (Å²) < 4.78 is 11.1. The van der Waals surface area contributed by atoms with E-state index < -0.39 is 12.4 Å². The van der Waals surface area contributed by atoms with E-state index in [1.54, 1.807) is 0 Å². The van der Waals surface area contributed by atoms with Gasteiger partial charge in [0, 0.05) is 11.8 Å². The number of benzene rings is 1. The van der Waals surface area contributed by atoms with Crippen molar-refractivity contribution in [2.45, 2.75) is 19.0 Å². The van der Waals surface area contributed by atoms with Gasteiger partial charge in [-0.2, -0.15) is 5.26 Å². The highest BCUT2D eigenvalue weighted by molar-refractivity contribution is 5.15. The second-order valence-electron chi connectivity index (χ2n) is 4.89. The topological polar surface area (TPSA) is 62.5 Å². The van der Waals surface area contributed by atoms with Gasteiger partial charge in [0.2, 0.25) is 0 Å². The van der Waals surface area contributed by atoms with Gasteiger partial charge in [0.25, 0.3) is 0 Å². The number of hydrogen-bond acceptors (Lipinski definition) is 4. The summed E-state index contributed by atoms with van der Waals surface area (Å²) in [6.45, 7) is 0.927. The third kappa shape index (κ3) is 2.01. The fraction of sp³-hybridized carbons (Fsp3) is 0.500. The van der Waals surface area contributed by atoms with Crippen LogP contribution in [0.3, 0.4) is 0 Å². The van der Waals surface area contributed by atoms with Crippen molar-refractivity contribution in [3.05, 3.63) is 35.9 Å². The minimum Gasteiger partial charge on any atom is -0.387 e. The van der Waals surface area contributed by atoms with Crippen LogP contribution in [0.5, 0.6) is 0 Å². The van der Waals surface area contributed by atoms with Crippen molar-refractivity contribution in [1.29, 1.82) is 5.26 Å². The molecule has 18 heavy (non-hydrogen) atoms. The fourth-order valence-electron chi connectivity index (χ4n) is 2.65. The maximum Gasteiger partial charge on any atom is 0.184 e. The smallest absolute Gasteiger partial charge is 0.184 e. The summed E-state index contributed by atoms with van der Waals surface area (Å²) in [6.07, 6.45) is -1.29. The molecule has 5 atom stereocenters. The van der Waals surface area contributed by atoms with Crippen molar-refractivity contribution in [3.8, 4) is 6.07 Å². The van der Waals surface area contributed by atoms with Gasteiger partial charge < -0.3 is 14.6 Å². The number of rotatable bonds is 3. The second-order valence-corrected chi connectivity index (χ2v) is 4.89. The first-order valence-corrected chi connectivity index (χ1v) is 6.16. The molecule has 3 rings (SSSR count). The Hall–Kier alpha value is -1.41. The number of nitrogens with zero attached hydrogens (tertiary/aromatic N) is 1. The molecule has 0 spiro atoms. The average molecular weight is 245 g/mol. The molecule has 2 fully saturated rings. The molecule has 94 valence electrons. The van der Waals surface area contributed by atoms with Crippen LogP contribution in [0.2, 0.25) is 0 Å². The summed E-state index contributed by atoms with van der Waals surface area (Å²) in [5.74, 6) is 0.163. The zero-order valence-electron chi connectivity index (χ0n) is 9.90. The molecule has 1 N–H and O–H groups in total. The number of nitriles is 1. The normalized spacial score (nSPS) is 37.7. The Balaban J connectivity index is 1.57. The van der Waals surface area contributed by atoms with Gasteiger partial charge in [0.15, 0.2) is 6.29 Å². The van der Waals surface area contributed by atoms with Crippen molar-refractivity contribution in [2.24, 2.45) is 17.8 Å². The van der Waals surface area contributed by atoms with Crippen LogP contribution in [0, 0.1) is 29.1 Å². The number of aliphatic hydroxyl groups is 1. The van der Waals surface area contributed by atoms with Gasteiger partial charge in [0.1, 0.15) is 6.10 Å². The number of aliphatic hydroxyl groups excluding tert-OH is 1. The van der Waals surface area contributed by atoms with Gasteiger partial charge in [-0.05, 0) is 5.56 Å². The Morgan fingerprint density at radius 1 is 1.39 bits per heavy atom. The van der Waals surface area contributed by atoms with Crippen molar-refractivity contribution >= 4 is 0 Å². The van der Waals surface area contributed by atoms with E-state index in [1.165, 1.54) is 0 Å². The van der Waals surface area contributed by atoms with E-state index in [1.807, 2.05) is 30.3 Å². The first-order chi connectivity index (χ1) is 8.81. The molecule has 1 aliphatic carbocycles. The van der Waals surface area contributed by atoms with E-state index in [2.05, 4.69) is 6.07 Å². The molecular weight excluding hydrogens is 230 g/mol. The van der Waals surface area contributed by atoms with E-state index in [9.17, 15) is 5.11 Å². The molecule has 4 nitrogen and oxygen atoms in total. The van der Waals surface area contributed by atoms with Crippen LogP contribution in [0.25, 0.3) is 0 Å². The predicted molar refractivity (Wildman–Crippen MR) is 63.1 cm³/mol. The SMILES string of the molecule is N#C[C@H]1[C@@H]2CO[C@H](OCc3ccccc3)[C@@H](O)[C@H]12. The minimum absolute atomic E-state index is 0.0320. The lowest BCUT2D eigenvalue weighted by atomic mass is 10.1. The lowest BCUT2D eigenvalue weighted by Crippen LogP contribution is -2.38. The molecule has 0 aromatic heterocycles. The van der Waals surface area contributed by atoms with Gasteiger partial charge in [-0.3, -0.25) is 0 Å². The summed E-state index contributed by atoms with van der Waals surface area (Å²) in [5, 5.41) is 18.9. The second kappa shape index (κ2) is 4.69. The van der Waals surface area contributed by atoms with Crippen LogP contribution < -0.4 is 0 Å².